The van der Waals surface area contributed by atoms with E-state index in [0.29, 0.717) is 8.19 Å². The van der Waals surface area contributed by atoms with Gasteiger partial charge in [-0.3, -0.25) is 0 Å². The van der Waals surface area contributed by atoms with Gasteiger partial charge in [-0.25, -0.2) is 0 Å². The summed E-state index contributed by atoms with van der Waals surface area (Å²) in [4.78, 5) is 5.59. The van der Waals surface area contributed by atoms with Crippen LogP contribution in [0.5, 0.6) is 0 Å². The van der Waals surface area contributed by atoms with Crippen molar-refractivity contribution < 1.29 is 13.6 Å². The number of hydrogen-bond donors (Lipinski definition) is 0. The molecule has 0 amide bonds. The number of halogens is 2. The van der Waals surface area contributed by atoms with Gasteiger partial charge in [0.2, 0.25) is 0 Å². The van der Waals surface area contributed by atoms with Crippen LogP contribution in [0.2, 0.25) is 0 Å². The summed E-state index contributed by atoms with van der Waals surface area (Å²) in [5.74, 6) is 2.32. The molecule has 4 aromatic rings. The molecule has 0 nitrogen and oxygen atoms in total. The van der Waals surface area contributed by atoms with Crippen molar-refractivity contribution in [2.75, 3.05) is 0 Å². The van der Waals surface area contributed by atoms with E-state index in [1.165, 1.54) is 19.1 Å². The molecule has 3 aromatic carbocycles. The summed E-state index contributed by atoms with van der Waals surface area (Å²) in [7, 11) is 0.629. The van der Waals surface area contributed by atoms with Crippen molar-refractivity contribution in [2.24, 2.45) is 0 Å². The third-order valence-electron chi connectivity index (χ3n) is 7.63. The van der Waals surface area contributed by atoms with Gasteiger partial charge in [-0.05, 0) is 0 Å². The normalized spacial score (nSPS) is 15.2. The molecule has 1 unspecified atom stereocenters. The zero-order valence-corrected chi connectivity index (χ0v) is 22.0. The van der Waals surface area contributed by atoms with Gasteiger partial charge in [-0.2, -0.15) is 0 Å². The topological polar surface area (TPSA) is 0 Å². The molecule has 1 heterocycles. The molecule has 1 aromatic heterocycles. The van der Waals surface area contributed by atoms with E-state index in [4.69, 9.17) is 4.82 Å². The Balaban J connectivity index is 0.00000144. The molecule has 0 radical (unpaired) electrons. The molecular weight excluding hydrogens is 486 g/mol. The van der Waals surface area contributed by atoms with E-state index in [1.54, 1.807) is 0 Å². The number of hydrogen-bond acceptors (Lipinski definition) is 0. The predicted octanol–water partition coefficient (Wildman–Crippen LogP) is 5.66. The zero-order valence-electron chi connectivity index (χ0n) is 17.9. The van der Waals surface area contributed by atoms with Gasteiger partial charge in [-0.15, -0.1) is 24.8 Å². The third-order valence-corrected chi connectivity index (χ3v) is 26.7. The summed E-state index contributed by atoms with van der Waals surface area (Å²) in [5.41, 5.74) is 0. The van der Waals surface area contributed by atoms with Crippen molar-refractivity contribution in [3.63, 3.8) is 0 Å². The predicted molar refractivity (Wildman–Crippen MR) is 147 cm³/mol. The van der Waals surface area contributed by atoms with E-state index in [-0.39, 0.29) is 24.8 Å². The standard InChI is InChI=1S/3C6H5.C5H5.C4H4P.CH2.2ClH.Ti/c3*1-2-4-6-5-3-1;2*1-2-4-5-3-1;;;;/h3*1-5H;1-3H,4H2;1-3,5H;1H2;2*1H;. The maximum absolute atomic E-state index is 5.59. The fourth-order valence-electron chi connectivity index (χ4n) is 6.06. The van der Waals surface area contributed by atoms with Gasteiger partial charge >= 0.3 is 179 Å². The van der Waals surface area contributed by atoms with E-state index >= 15 is 0 Å². The van der Waals surface area contributed by atoms with Crippen LogP contribution < -0.4 is 15.2 Å². The molecular formula is C28H28Cl2PTi. The van der Waals surface area contributed by atoms with Gasteiger partial charge in [0.25, 0.3) is 0 Å². The first kappa shape index (κ1) is 24.7. The fraction of sp³-hybridized carbons (Fsp3) is 0.0357. The molecule has 0 bridgehead atoms. The Kier molecular flexibility index (Phi) is 6.79. The fourth-order valence-corrected chi connectivity index (χ4v) is 24.9. The van der Waals surface area contributed by atoms with E-state index < -0.39 is 13.6 Å². The Bertz CT molecular complexity index is 1230. The second kappa shape index (κ2) is 8.79. The quantitative estimate of drug-likeness (QED) is 0.302. The SMILES string of the molecule is Cl.Cl.[CH2]=[Ti]([C]1=CC=CC1)([c]1ccccc1)([c]1ccccc1)([c]1ccccc1)[c]1ccc[pH]1. The first-order valence-electron chi connectivity index (χ1n) is 10.5. The van der Waals surface area contributed by atoms with Crippen molar-refractivity contribution in [3.8, 4) is 0 Å². The molecule has 0 spiro atoms. The minimum absolute atomic E-state index is 0. The summed E-state index contributed by atoms with van der Waals surface area (Å²) in [6.45, 7) is 0. The monoisotopic (exact) mass is 513 g/mol. The van der Waals surface area contributed by atoms with Crippen LogP contribution in [0.4, 0.5) is 0 Å². The van der Waals surface area contributed by atoms with Gasteiger partial charge in [-0.1, -0.05) is 0 Å². The summed E-state index contributed by atoms with van der Waals surface area (Å²) < 4.78 is 7.07. The number of allylic oxidation sites excluding steroid dienone is 4. The molecule has 0 saturated heterocycles. The molecule has 32 heavy (non-hydrogen) atoms. The molecule has 0 N–H and O–H groups in total. The second-order valence-electron chi connectivity index (χ2n) is 8.64. The van der Waals surface area contributed by atoms with Crippen LogP contribution >= 0.6 is 33.0 Å². The Hall–Kier alpha value is -1.92. The van der Waals surface area contributed by atoms with Crippen molar-refractivity contribution in [1.82, 2.24) is 0 Å². The van der Waals surface area contributed by atoms with Crippen LogP contribution in [0.25, 0.3) is 0 Å². The van der Waals surface area contributed by atoms with Crippen molar-refractivity contribution in [3.05, 3.63) is 131 Å². The van der Waals surface area contributed by atoms with Gasteiger partial charge in [0.1, 0.15) is 0 Å². The molecule has 4 heteroatoms. The molecule has 163 valence electrons. The number of benzene rings is 3. The summed E-state index contributed by atoms with van der Waals surface area (Å²) in [6.07, 6.45) is 7.83. The van der Waals surface area contributed by atoms with Crippen LogP contribution in [0.15, 0.2) is 131 Å². The summed E-state index contributed by atoms with van der Waals surface area (Å²) >= 11 is -4.97. The molecule has 0 aliphatic heterocycles. The second-order valence-corrected chi connectivity index (χ2v) is 21.8. The minimum atomic E-state index is -4.97. The van der Waals surface area contributed by atoms with Crippen LogP contribution in [0.1, 0.15) is 6.42 Å². The van der Waals surface area contributed by atoms with Crippen LogP contribution in [0, 0.1) is 0 Å². The molecule has 1 aliphatic carbocycles. The average Bonchev–Trinajstić information content (AvgIpc) is 3.57. The van der Waals surface area contributed by atoms with E-state index in [9.17, 15) is 0 Å². The van der Waals surface area contributed by atoms with E-state index in [2.05, 4.69) is 127 Å². The Morgan fingerprint density at radius 2 is 1.09 bits per heavy atom. The number of rotatable bonds is 5. The Morgan fingerprint density at radius 1 is 0.625 bits per heavy atom. The molecule has 5 rings (SSSR count). The summed E-state index contributed by atoms with van der Waals surface area (Å²) in [6, 6.07) is 38.1. The van der Waals surface area contributed by atoms with Gasteiger partial charge in [0.15, 0.2) is 0 Å². The third kappa shape index (κ3) is 2.78. The zero-order chi connectivity index (χ0) is 20.6. The van der Waals surface area contributed by atoms with Crippen molar-refractivity contribution in [2.45, 2.75) is 6.42 Å². The van der Waals surface area contributed by atoms with E-state index in [0.717, 1.165) is 6.42 Å². The van der Waals surface area contributed by atoms with Gasteiger partial charge < -0.3 is 0 Å². The first-order valence-corrected chi connectivity index (χ1v) is 16.6. The molecule has 1 atom stereocenters. The molecule has 0 saturated carbocycles. The Morgan fingerprint density at radius 3 is 1.44 bits per heavy atom. The van der Waals surface area contributed by atoms with Crippen LogP contribution in [0.3, 0.4) is 0 Å². The van der Waals surface area contributed by atoms with Gasteiger partial charge in [0.05, 0.1) is 0 Å². The van der Waals surface area contributed by atoms with Crippen molar-refractivity contribution in [1.29, 1.82) is 0 Å². The first-order chi connectivity index (χ1) is 14.7. The summed E-state index contributed by atoms with van der Waals surface area (Å²) in [5, 5.41) is 0. The van der Waals surface area contributed by atoms with E-state index in [1.807, 2.05) is 0 Å². The van der Waals surface area contributed by atoms with Crippen molar-refractivity contribution >= 4 is 53.0 Å². The molecule has 0 fully saturated rings. The Labute approximate surface area is 202 Å². The van der Waals surface area contributed by atoms with Crippen LogP contribution in [-0.2, 0) is 13.6 Å². The van der Waals surface area contributed by atoms with Gasteiger partial charge in [0, 0.05) is 0 Å². The molecule has 1 aliphatic rings. The average molecular weight is 514 g/mol. The maximum atomic E-state index is 5.59. The van der Waals surface area contributed by atoms with Crippen LogP contribution in [-0.4, -0.2) is 4.82 Å².